The van der Waals surface area contributed by atoms with E-state index < -0.39 is 0 Å². The van der Waals surface area contributed by atoms with Gasteiger partial charge < -0.3 is 14.8 Å². The summed E-state index contributed by atoms with van der Waals surface area (Å²) in [5.74, 6) is 0.703. The lowest BCUT2D eigenvalue weighted by molar-refractivity contribution is 0.0606. The fourth-order valence-electron chi connectivity index (χ4n) is 2.51. The van der Waals surface area contributed by atoms with Crippen molar-refractivity contribution in [2.75, 3.05) is 19.5 Å². The van der Waals surface area contributed by atoms with Crippen LogP contribution in [-0.4, -0.2) is 26.4 Å². The molecule has 2 unspecified atom stereocenters. The molecule has 0 amide bonds. The van der Waals surface area contributed by atoms with Gasteiger partial charge in [0.05, 0.1) is 24.3 Å². The maximum Gasteiger partial charge on any atom is 0.137 e. The van der Waals surface area contributed by atoms with Crippen LogP contribution in [0.3, 0.4) is 0 Å². The van der Waals surface area contributed by atoms with Crippen molar-refractivity contribution in [2.45, 2.75) is 37.8 Å². The fourth-order valence-corrected chi connectivity index (χ4v) is 2.77. The average molecular weight is 270 g/mol. The summed E-state index contributed by atoms with van der Waals surface area (Å²) in [7, 11) is 3.40. The maximum absolute atomic E-state index is 6.12. The molecule has 100 valence electrons. The lowest BCUT2D eigenvalue weighted by Crippen LogP contribution is -2.37. The number of rotatable bonds is 4. The zero-order valence-electron chi connectivity index (χ0n) is 10.9. The smallest absolute Gasteiger partial charge is 0.137 e. The maximum atomic E-state index is 6.12. The SMILES string of the molecule is COc1ccc(NC2CCCCC2OC)cc1Cl. The van der Waals surface area contributed by atoms with Gasteiger partial charge in [-0.05, 0) is 31.0 Å². The van der Waals surface area contributed by atoms with Crippen LogP contribution < -0.4 is 10.1 Å². The van der Waals surface area contributed by atoms with Crippen molar-refractivity contribution in [1.82, 2.24) is 0 Å². The summed E-state index contributed by atoms with van der Waals surface area (Å²) >= 11 is 6.12. The van der Waals surface area contributed by atoms with Crippen LogP contribution in [0.5, 0.6) is 5.75 Å². The molecule has 0 saturated heterocycles. The minimum absolute atomic E-state index is 0.291. The van der Waals surface area contributed by atoms with Crippen molar-refractivity contribution in [2.24, 2.45) is 0 Å². The Morgan fingerprint density at radius 1 is 1.22 bits per heavy atom. The van der Waals surface area contributed by atoms with E-state index in [9.17, 15) is 0 Å². The summed E-state index contributed by atoms with van der Waals surface area (Å²) < 4.78 is 10.7. The standard InChI is InChI=1S/C14H20ClNO2/c1-17-13-8-7-10(9-11(13)15)16-12-5-3-4-6-14(12)18-2/h7-9,12,14,16H,3-6H2,1-2H3. The molecule has 0 aromatic heterocycles. The third kappa shape index (κ3) is 3.09. The van der Waals surface area contributed by atoms with Gasteiger partial charge in [0, 0.05) is 12.8 Å². The zero-order valence-corrected chi connectivity index (χ0v) is 11.7. The molecule has 0 aliphatic heterocycles. The van der Waals surface area contributed by atoms with Gasteiger partial charge >= 0.3 is 0 Å². The Morgan fingerprint density at radius 2 is 2.00 bits per heavy atom. The van der Waals surface area contributed by atoms with Crippen molar-refractivity contribution in [1.29, 1.82) is 0 Å². The third-order valence-electron chi connectivity index (χ3n) is 3.51. The lowest BCUT2D eigenvalue weighted by Gasteiger charge is -2.31. The summed E-state index contributed by atoms with van der Waals surface area (Å²) in [5.41, 5.74) is 1.02. The number of anilines is 1. The first-order chi connectivity index (χ1) is 8.74. The molecule has 1 aromatic carbocycles. The van der Waals surface area contributed by atoms with Crippen LogP contribution in [0.4, 0.5) is 5.69 Å². The highest BCUT2D eigenvalue weighted by atomic mass is 35.5. The van der Waals surface area contributed by atoms with Crippen LogP contribution in [0.25, 0.3) is 0 Å². The van der Waals surface area contributed by atoms with Crippen molar-refractivity contribution in [3.63, 3.8) is 0 Å². The van der Waals surface area contributed by atoms with Crippen LogP contribution in [0, 0.1) is 0 Å². The highest BCUT2D eigenvalue weighted by molar-refractivity contribution is 6.32. The molecule has 18 heavy (non-hydrogen) atoms. The van der Waals surface area contributed by atoms with Gasteiger partial charge in [-0.2, -0.15) is 0 Å². The van der Waals surface area contributed by atoms with E-state index in [-0.39, 0.29) is 0 Å². The van der Waals surface area contributed by atoms with Gasteiger partial charge in [-0.1, -0.05) is 24.4 Å². The van der Waals surface area contributed by atoms with Gasteiger partial charge in [-0.3, -0.25) is 0 Å². The number of benzene rings is 1. The number of halogens is 1. The molecule has 0 radical (unpaired) electrons. The molecule has 1 fully saturated rings. The number of hydrogen-bond donors (Lipinski definition) is 1. The molecule has 0 spiro atoms. The van der Waals surface area contributed by atoms with Crippen LogP contribution in [0.15, 0.2) is 18.2 Å². The molecular formula is C14H20ClNO2. The van der Waals surface area contributed by atoms with Gasteiger partial charge in [0.2, 0.25) is 0 Å². The Kier molecular flexibility index (Phi) is 4.72. The molecule has 2 rings (SSSR count). The second-order valence-electron chi connectivity index (χ2n) is 4.66. The summed E-state index contributed by atoms with van der Waals surface area (Å²) in [6.07, 6.45) is 5.06. The minimum atomic E-state index is 0.291. The molecule has 0 bridgehead atoms. The summed E-state index contributed by atoms with van der Waals surface area (Å²) in [5, 5.41) is 4.14. The first kappa shape index (κ1) is 13.5. The van der Waals surface area contributed by atoms with Crippen LogP contribution in [0.1, 0.15) is 25.7 Å². The first-order valence-electron chi connectivity index (χ1n) is 6.37. The zero-order chi connectivity index (χ0) is 13.0. The second-order valence-corrected chi connectivity index (χ2v) is 5.07. The predicted molar refractivity (Wildman–Crippen MR) is 74.7 cm³/mol. The third-order valence-corrected chi connectivity index (χ3v) is 3.80. The number of hydrogen-bond acceptors (Lipinski definition) is 3. The van der Waals surface area contributed by atoms with Gasteiger partial charge in [-0.25, -0.2) is 0 Å². The summed E-state index contributed by atoms with van der Waals surface area (Å²) in [6.45, 7) is 0. The predicted octanol–water partition coefficient (Wildman–Crippen LogP) is 3.72. The molecular weight excluding hydrogens is 250 g/mol. The summed E-state index contributed by atoms with van der Waals surface area (Å²) in [6, 6.07) is 6.15. The molecule has 2 atom stereocenters. The Bertz CT molecular complexity index is 397. The van der Waals surface area contributed by atoms with E-state index in [0.29, 0.717) is 22.9 Å². The van der Waals surface area contributed by atoms with E-state index in [1.807, 2.05) is 18.2 Å². The van der Waals surface area contributed by atoms with Gasteiger partial charge in [-0.15, -0.1) is 0 Å². The van der Waals surface area contributed by atoms with E-state index in [1.54, 1.807) is 14.2 Å². The Hall–Kier alpha value is -0.930. The minimum Gasteiger partial charge on any atom is -0.495 e. The first-order valence-corrected chi connectivity index (χ1v) is 6.75. The van der Waals surface area contributed by atoms with Gasteiger partial charge in [0.1, 0.15) is 5.75 Å². The topological polar surface area (TPSA) is 30.5 Å². The largest absolute Gasteiger partial charge is 0.495 e. The monoisotopic (exact) mass is 269 g/mol. The molecule has 4 heteroatoms. The highest BCUT2D eigenvalue weighted by Gasteiger charge is 2.24. The van der Waals surface area contributed by atoms with E-state index in [1.165, 1.54) is 12.8 Å². The van der Waals surface area contributed by atoms with E-state index in [0.717, 1.165) is 18.5 Å². The molecule has 1 aliphatic carbocycles. The van der Waals surface area contributed by atoms with Crippen molar-refractivity contribution >= 4 is 17.3 Å². The van der Waals surface area contributed by atoms with Crippen molar-refractivity contribution < 1.29 is 9.47 Å². The van der Waals surface area contributed by atoms with Crippen LogP contribution >= 0.6 is 11.6 Å². The van der Waals surface area contributed by atoms with Crippen LogP contribution in [-0.2, 0) is 4.74 Å². The Labute approximate surface area is 113 Å². The molecule has 3 nitrogen and oxygen atoms in total. The van der Waals surface area contributed by atoms with Gasteiger partial charge in [0.15, 0.2) is 0 Å². The highest BCUT2D eigenvalue weighted by Crippen LogP contribution is 2.29. The van der Waals surface area contributed by atoms with E-state index >= 15 is 0 Å². The molecule has 1 N–H and O–H groups in total. The quantitative estimate of drug-likeness (QED) is 0.904. The summed E-state index contributed by atoms with van der Waals surface area (Å²) in [4.78, 5) is 0. The molecule has 1 aliphatic rings. The Morgan fingerprint density at radius 3 is 2.67 bits per heavy atom. The Balaban J connectivity index is 2.05. The van der Waals surface area contributed by atoms with Gasteiger partial charge in [0.25, 0.3) is 0 Å². The second kappa shape index (κ2) is 6.30. The molecule has 0 heterocycles. The average Bonchev–Trinajstić information content (AvgIpc) is 2.39. The normalized spacial score (nSPS) is 23.7. The lowest BCUT2D eigenvalue weighted by atomic mass is 9.92. The van der Waals surface area contributed by atoms with E-state index in [4.69, 9.17) is 21.1 Å². The van der Waals surface area contributed by atoms with E-state index in [2.05, 4.69) is 5.32 Å². The molecule has 1 aromatic rings. The molecule has 1 saturated carbocycles. The van der Waals surface area contributed by atoms with Crippen LogP contribution in [0.2, 0.25) is 5.02 Å². The number of ether oxygens (including phenoxy) is 2. The van der Waals surface area contributed by atoms with Crippen molar-refractivity contribution in [3.05, 3.63) is 23.2 Å². The number of methoxy groups -OCH3 is 2. The number of nitrogens with one attached hydrogen (secondary N) is 1. The fraction of sp³-hybridized carbons (Fsp3) is 0.571. The van der Waals surface area contributed by atoms with Crippen molar-refractivity contribution in [3.8, 4) is 5.75 Å².